The van der Waals surface area contributed by atoms with Gasteiger partial charge in [0.2, 0.25) is 0 Å². The Labute approximate surface area is 293 Å². The van der Waals surface area contributed by atoms with Crippen LogP contribution in [0.2, 0.25) is 0 Å². The standard InChI is InChI=1S/C38H36N6O7/c1-37(2)17-30-35(32(45)19-37)34(36-31(18-38(3,4)20-33(36)46)42(30)26-8-6-10-28(16-26)44(49)50)23-11-13-29(14-12-23)51-22-24-21-41(40-39-24)25-7-5-9-27(15-25)43(47)48/h5-16,21,34H,17-20,22H2,1-4H3. The molecule has 0 unspecified atom stereocenters. The molecule has 2 heterocycles. The third-order valence-electron chi connectivity index (χ3n) is 9.65. The molecule has 0 fully saturated rings. The molecule has 3 aromatic carbocycles. The number of carbonyl (C=O) groups is 2. The number of rotatable bonds is 8. The number of ether oxygens (including phenoxy) is 1. The maximum atomic E-state index is 14.2. The highest BCUT2D eigenvalue weighted by Crippen LogP contribution is 2.55. The van der Waals surface area contributed by atoms with Gasteiger partial charge >= 0.3 is 0 Å². The van der Waals surface area contributed by atoms with Crippen molar-refractivity contribution in [2.45, 2.75) is 65.9 Å². The Morgan fingerprint density at radius 2 is 1.29 bits per heavy atom. The van der Waals surface area contributed by atoms with Crippen molar-refractivity contribution >= 4 is 28.6 Å². The van der Waals surface area contributed by atoms with Crippen LogP contribution < -0.4 is 9.64 Å². The topological polar surface area (TPSA) is 164 Å². The molecule has 0 radical (unpaired) electrons. The predicted octanol–water partition coefficient (Wildman–Crippen LogP) is 7.55. The van der Waals surface area contributed by atoms with Gasteiger partial charge in [-0.2, -0.15) is 0 Å². The lowest BCUT2D eigenvalue weighted by Gasteiger charge is -2.49. The van der Waals surface area contributed by atoms with Crippen LogP contribution in [0.4, 0.5) is 17.1 Å². The Morgan fingerprint density at radius 1 is 0.765 bits per heavy atom. The molecule has 0 saturated heterocycles. The number of hydrogen-bond acceptors (Lipinski definition) is 10. The molecular weight excluding hydrogens is 652 g/mol. The highest BCUT2D eigenvalue weighted by molar-refractivity contribution is 6.08. The van der Waals surface area contributed by atoms with Gasteiger partial charge in [0.1, 0.15) is 18.1 Å². The molecule has 0 amide bonds. The molecule has 51 heavy (non-hydrogen) atoms. The maximum absolute atomic E-state index is 14.2. The van der Waals surface area contributed by atoms with Crippen LogP contribution in [0, 0.1) is 31.1 Å². The van der Waals surface area contributed by atoms with Crippen molar-refractivity contribution in [2.75, 3.05) is 4.90 Å². The van der Waals surface area contributed by atoms with Gasteiger partial charge in [-0.05, 0) is 53.5 Å². The summed E-state index contributed by atoms with van der Waals surface area (Å²) in [4.78, 5) is 52.4. The van der Waals surface area contributed by atoms with E-state index in [1.807, 2.05) is 44.7 Å². The summed E-state index contributed by atoms with van der Waals surface area (Å²) in [5.41, 5.74) is 4.16. The summed E-state index contributed by atoms with van der Waals surface area (Å²) in [5.74, 6) is -0.148. The molecule has 4 aromatic rings. The summed E-state index contributed by atoms with van der Waals surface area (Å²) in [5, 5.41) is 31.2. The summed E-state index contributed by atoms with van der Waals surface area (Å²) in [6.07, 6.45) is 3.36. The van der Waals surface area contributed by atoms with Gasteiger partial charge in [-0.15, -0.1) is 5.10 Å². The van der Waals surface area contributed by atoms with Gasteiger partial charge in [0, 0.05) is 65.6 Å². The molecular formula is C38H36N6O7. The van der Waals surface area contributed by atoms with Gasteiger partial charge in [0.05, 0.1) is 27.4 Å². The summed E-state index contributed by atoms with van der Waals surface area (Å²) in [6.45, 7) is 8.27. The number of benzene rings is 3. The van der Waals surface area contributed by atoms with Crippen molar-refractivity contribution < 1.29 is 24.2 Å². The van der Waals surface area contributed by atoms with Crippen LogP contribution >= 0.6 is 0 Å². The lowest BCUT2D eigenvalue weighted by molar-refractivity contribution is -0.385. The van der Waals surface area contributed by atoms with Gasteiger partial charge in [-0.3, -0.25) is 29.8 Å². The highest BCUT2D eigenvalue weighted by Gasteiger charge is 2.49. The minimum absolute atomic E-state index is 0.0435. The third-order valence-corrected chi connectivity index (χ3v) is 9.65. The van der Waals surface area contributed by atoms with E-state index in [0.29, 0.717) is 59.6 Å². The first kappa shape index (κ1) is 33.5. The Hall–Kier alpha value is -5.98. The zero-order chi connectivity index (χ0) is 36.2. The van der Waals surface area contributed by atoms with Crippen LogP contribution in [-0.2, 0) is 16.2 Å². The van der Waals surface area contributed by atoms with Crippen LogP contribution in [0.15, 0.2) is 102 Å². The second-order valence-corrected chi connectivity index (χ2v) is 14.9. The molecule has 7 rings (SSSR count). The number of nitro benzene ring substituents is 2. The van der Waals surface area contributed by atoms with E-state index in [1.54, 1.807) is 42.6 Å². The number of anilines is 1. The number of aromatic nitrogens is 3. The van der Waals surface area contributed by atoms with Gasteiger partial charge in [-0.25, -0.2) is 4.68 Å². The number of carbonyl (C=O) groups excluding carboxylic acids is 2. The van der Waals surface area contributed by atoms with Crippen LogP contribution in [0.5, 0.6) is 5.75 Å². The number of nitrogens with zero attached hydrogens (tertiary/aromatic N) is 6. The molecule has 0 atom stereocenters. The molecule has 260 valence electrons. The number of nitro groups is 2. The maximum Gasteiger partial charge on any atom is 0.271 e. The first-order chi connectivity index (χ1) is 24.2. The van der Waals surface area contributed by atoms with Crippen molar-refractivity contribution in [1.82, 2.24) is 15.0 Å². The quantitative estimate of drug-likeness (QED) is 0.133. The molecule has 1 aliphatic heterocycles. The van der Waals surface area contributed by atoms with E-state index in [0.717, 1.165) is 17.0 Å². The van der Waals surface area contributed by atoms with Gasteiger partial charge < -0.3 is 9.64 Å². The van der Waals surface area contributed by atoms with Crippen LogP contribution in [0.25, 0.3) is 5.69 Å². The summed E-state index contributed by atoms with van der Waals surface area (Å²) < 4.78 is 7.46. The van der Waals surface area contributed by atoms with Crippen molar-refractivity contribution in [3.63, 3.8) is 0 Å². The first-order valence-electron chi connectivity index (χ1n) is 16.7. The van der Waals surface area contributed by atoms with Gasteiger partial charge in [0.15, 0.2) is 11.6 Å². The minimum Gasteiger partial charge on any atom is -0.487 e. The van der Waals surface area contributed by atoms with Crippen LogP contribution in [0.1, 0.15) is 70.6 Å². The first-order valence-corrected chi connectivity index (χ1v) is 16.7. The fourth-order valence-corrected chi connectivity index (χ4v) is 7.51. The van der Waals surface area contributed by atoms with Crippen molar-refractivity contribution in [2.24, 2.45) is 10.8 Å². The lowest BCUT2D eigenvalue weighted by atomic mass is 9.63. The molecule has 1 aromatic heterocycles. The zero-order valence-electron chi connectivity index (χ0n) is 28.7. The average molecular weight is 689 g/mol. The minimum atomic E-state index is -0.596. The van der Waals surface area contributed by atoms with E-state index in [4.69, 9.17) is 4.74 Å². The second-order valence-electron chi connectivity index (χ2n) is 14.9. The number of ketones is 2. The van der Waals surface area contributed by atoms with E-state index < -0.39 is 15.8 Å². The monoisotopic (exact) mass is 688 g/mol. The molecule has 13 heteroatoms. The molecule has 13 nitrogen and oxygen atoms in total. The largest absolute Gasteiger partial charge is 0.487 e. The average Bonchev–Trinajstić information content (AvgIpc) is 3.55. The predicted molar refractivity (Wildman–Crippen MR) is 187 cm³/mol. The zero-order valence-corrected chi connectivity index (χ0v) is 28.7. The van der Waals surface area contributed by atoms with Crippen molar-refractivity contribution in [3.8, 4) is 11.4 Å². The van der Waals surface area contributed by atoms with Crippen LogP contribution in [0.3, 0.4) is 0 Å². The highest BCUT2D eigenvalue weighted by atomic mass is 16.6. The van der Waals surface area contributed by atoms with Crippen molar-refractivity contribution in [3.05, 3.63) is 133 Å². The summed E-state index contributed by atoms with van der Waals surface area (Å²) in [6, 6.07) is 19.8. The molecule has 0 saturated carbocycles. The van der Waals surface area contributed by atoms with E-state index >= 15 is 0 Å². The Morgan fingerprint density at radius 3 is 1.84 bits per heavy atom. The third kappa shape index (κ3) is 6.42. The normalized spacial score (nSPS) is 18.4. The van der Waals surface area contributed by atoms with E-state index in [2.05, 4.69) is 10.3 Å². The Kier molecular flexibility index (Phi) is 8.16. The molecule has 0 bridgehead atoms. The summed E-state index contributed by atoms with van der Waals surface area (Å²) >= 11 is 0. The smallest absolute Gasteiger partial charge is 0.271 e. The molecule has 3 aliphatic rings. The Bertz CT molecular complexity index is 2130. The summed E-state index contributed by atoms with van der Waals surface area (Å²) in [7, 11) is 0. The molecule has 0 N–H and O–H groups in total. The number of allylic oxidation sites excluding steroid dienone is 4. The van der Waals surface area contributed by atoms with Gasteiger partial charge in [0.25, 0.3) is 11.4 Å². The second kappa shape index (κ2) is 12.4. The SMILES string of the molecule is CC1(C)CC(=O)C2=C(C1)N(c1cccc([N+](=O)[O-])c1)C1=C(C(=O)CC(C)(C)C1)C2c1ccc(OCc2cn(-c3cccc([N+](=O)[O-])c3)nn2)cc1. The molecule has 2 aliphatic carbocycles. The number of non-ortho nitro benzene ring substituents is 2. The lowest BCUT2D eigenvalue weighted by Crippen LogP contribution is -2.44. The Balaban J connectivity index is 1.24. The fourth-order valence-electron chi connectivity index (χ4n) is 7.51. The van der Waals surface area contributed by atoms with E-state index in [-0.39, 0.29) is 40.4 Å². The number of Topliss-reactive ketones (excluding diaryl/α,β-unsaturated/α-hetero) is 2. The van der Waals surface area contributed by atoms with Crippen LogP contribution in [-0.4, -0.2) is 36.4 Å². The fraction of sp³-hybridized carbons (Fsp3) is 0.316. The van der Waals surface area contributed by atoms with Gasteiger partial charge in [-0.1, -0.05) is 57.2 Å². The van der Waals surface area contributed by atoms with E-state index in [9.17, 15) is 29.8 Å². The van der Waals surface area contributed by atoms with E-state index in [1.165, 1.54) is 28.9 Å². The number of hydrogen-bond donors (Lipinski definition) is 0. The van der Waals surface area contributed by atoms with Crippen molar-refractivity contribution in [1.29, 1.82) is 0 Å². The molecule has 0 spiro atoms.